The Morgan fingerprint density at radius 3 is 2.13 bits per heavy atom. The van der Waals surface area contributed by atoms with E-state index >= 15 is 0 Å². The maximum atomic E-state index is 12.9. The Labute approximate surface area is 172 Å². The van der Waals surface area contributed by atoms with E-state index in [1.165, 1.54) is 36.7 Å². The highest BCUT2D eigenvalue weighted by molar-refractivity contribution is 7.92. The SMILES string of the molecule is O=S(=O)(CC(F)(F)F)N(Cc1cccnc1)c1ccc(C(O)c2ccccc2)cc1. The summed E-state index contributed by atoms with van der Waals surface area (Å²) >= 11 is 0. The van der Waals surface area contributed by atoms with Gasteiger partial charge in [-0.3, -0.25) is 9.29 Å². The molecular formula is C21H19F3N2O3S. The molecule has 2 aromatic carbocycles. The van der Waals surface area contributed by atoms with Gasteiger partial charge < -0.3 is 5.11 Å². The highest BCUT2D eigenvalue weighted by Gasteiger charge is 2.38. The third-order valence-electron chi connectivity index (χ3n) is 4.34. The molecule has 9 heteroatoms. The highest BCUT2D eigenvalue weighted by Crippen LogP contribution is 2.29. The minimum Gasteiger partial charge on any atom is -0.384 e. The molecule has 0 bridgehead atoms. The Balaban J connectivity index is 1.93. The van der Waals surface area contributed by atoms with Gasteiger partial charge in [0, 0.05) is 12.4 Å². The molecule has 1 N–H and O–H groups in total. The number of halogens is 3. The predicted molar refractivity (Wildman–Crippen MR) is 107 cm³/mol. The van der Waals surface area contributed by atoms with Crippen LogP contribution in [0, 0.1) is 0 Å². The van der Waals surface area contributed by atoms with Crippen molar-refractivity contribution in [3.05, 3.63) is 95.8 Å². The van der Waals surface area contributed by atoms with Crippen LogP contribution < -0.4 is 4.31 Å². The molecule has 3 aromatic rings. The van der Waals surface area contributed by atoms with E-state index in [9.17, 15) is 26.7 Å². The summed E-state index contributed by atoms with van der Waals surface area (Å²) in [4.78, 5) is 3.88. The Morgan fingerprint density at radius 2 is 1.57 bits per heavy atom. The van der Waals surface area contributed by atoms with Crippen LogP contribution in [0.25, 0.3) is 0 Å². The van der Waals surface area contributed by atoms with E-state index in [0.717, 1.165) is 0 Å². The molecule has 1 atom stereocenters. The minimum absolute atomic E-state index is 0.0621. The molecule has 30 heavy (non-hydrogen) atoms. The Morgan fingerprint density at radius 1 is 0.933 bits per heavy atom. The first-order valence-electron chi connectivity index (χ1n) is 8.95. The molecule has 5 nitrogen and oxygen atoms in total. The van der Waals surface area contributed by atoms with E-state index in [4.69, 9.17) is 0 Å². The topological polar surface area (TPSA) is 70.5 Å². The number of pyridine rings is 1. The monoisotopic (exact) mass is 436 g/mol. The quantitative estimate of drug-likeness (QED) is 0.606. The molecule has 1 aromatic heterocycles. The average Bonchev–Trinajstić information content (AvgIpc) is 2.71. The van der Waals surface area contributed by atoms with E-state index in [2.05, 4.69) is 4.98 Å². The molecule has 0 saturated carbocycles. The van der Waals surface area contributed by atoms with Gasteiger partial charge in [-0.15, -0.1) is 0 Å². The van der Waals surface area contributed by atoms with Crippen molar-refractivity contribution in [1.82, 2.24) is 4.98 Å². The molecule has 0 radical (unpaired) electrons. The number of benzene rings is 2. The third-order valence-corrected chi connectivity index (χ3v) is 6.05. The van der Waals surface area contributed by atoms with Crippen LogP contribution >= 0.6 is 0 Å². The predicted octanol–water partition coefficient (Wildman–Crippen LogP) is 4.06. The van der Waals surface area contributed by atoms with Crippen LogP contribution in [0.2, 0.25) is 0 Å². The number of aliphatic hydroxyl groups is 1. The van der Waals surface area contributed by atoms with Crippen LogP contribution in [0.4, 0.5) is 18.9 Å². The molecule has 0 saturated heterocycles. The molecular weight excluding hydrogens is 417 g/mol. The van der Waals surface area contributed by atoms with Crippen molar-refractivity contribution in [2.75, 3.05) is 10.1 Å². The summed E-state index contributed by atoms with van der Waals surface area (Å²) in [5, 5.41) is 10.5. The second kappa shape index (κ2) is 8.85. The fraction of sp³-hybridized carbons (Fsp3) is 0.190. The summed E-state index contributed by atoms with van der Waals surface area (Å²) in [7, 11) is -4.70. The van der Waals surface area contributed by atoms with Gasteiger partial charge in [0.05, 0.1) is 12.2 Å². The van der Waals surface area contributed by atoms with Gasteiger partial charge >= 0.3 is 6.18 Å². The zero-order valence-electron chi connectivity index (χ0n) is 15.7. The number of rotatable bonds is 7. The second-order valence-corrected chi connectivity index (χ2v) is 8.54. The first kappa shape index (κ1) is 21.8. The molecule has 0 aliphatic rings. The molecule has 1 unspecified atom stereocenters. The Bertz CT molecular complexity index is 1060. The van der Waals surface area contributed by atoms with E-state index in [-0.39, 0.29) is 12.2 Å². The first-order chi connectivity index (χ1) is 14.2. The van der Waals surface area contributed by atoms with E-state index in [1.54, 1.807) is 42.5 Å². The lowest BCUT2D eigenvalue weighted by Gasteiger charge is -2.25. The number of hydrogen-bond acceptors (Lipinski definition) is 4. The second-order valence-electron chi connectivity index (χ2n) is 6.64. The maximum Gasteiger partial charge on any atom is 0.404 e. The fourth-order valence-electron chi connectivity index (χ4n) is 2.94. The van der Waals surface area contributed by atoms with Crippen LogP contribution in [-0.2, 0) is 16.6 Å². The van der Waals surface area contributed by atoms with Crippen LogP contribution in [0.1, 0.15) is 22.8 Å². The molecule has 0 aliphatic carbocycles. The smallest absolute Gasteiger partial charge is 0.384 e. The summed E-state index contributed by atoms with van der Waals surface area (Å²) in [6.07, 6.45) is -2.95. The van der Waals surface area contributed by atoms with E-state index in [1.807, 2.05) is 0 Å². The summed E-state index contributed by atoms with van der Waals surface area (Å²) in [6, 6.07) is 17.7. The molecule has 3 rings (SSSR count). The van der Waals surface area contributed by atoms with Gasteiger partial charge in [0.1, 0.15) is 6.10 Å². The molecule has 0 aliphatic heterocycles. The number of aromatic nitrogens is 1. The fourth-order valence-corrected chi connectivity index (χ4v) is 4.30. The minimum atomic E-state index is -4.88. The maximum absolute atomic E-state index is 12.9. The summed E-state index contributed by atoms with van der Waals surface area (Å²) < 4.78 is 64.4. The molecule has 1 heterocycles. The van der Waals surface area contributed by atoms with Gasteiger partial charge in [-0.25, -0.2) is 8.42 Å². The number of hydrogen-bond donors (Lipinski definition) is 1. The zero-order valence-corrected chi connectivity index (χ0v) is 16.5. The van der Waals surface area contributed by atoms with Gasteiger partial charge in [-0.1, -0.05) is 48.5 Å². The van der Waals surface area contributed by atoms with E-state index < -0.39 is 28.1 Å². The van der Waals surface area contributed by atoms with Gasteiger partial charge in [-0.2, -0.15) is 13.2 Å². The van der Waals surface area contributed by atoms with Crippen molar-refractivity contribution >= 4 is 15.7 Å². The lowest BCUT2D eigenvalue weighted by atomic mass is 10.0. The summed E-state index contributed by atoms with van der Waals surface area (Å²) in [6.45, 7) is -0.299. The van der Waals surface area contributed by atoms with Crippen molar-refractivity contribution in [2.45, 2.75) is 18.8 Å². The van der Waals surface area contributed by atoms with Crippen molar-refractivity contribution < 1.29 is 26.7 Å². The number of alkyl halides is 3. The van der Waals surface area contributed by atoms with Gasteiger partial charge in [0.15, 0.2) is 5.75 Å². The van der Waals surface area contributed by atoms with Crippen LogP contribution in [0.5, 0.6) is 0 Å². The van der Waals surface area contributed by atoms with Crippen molar-refractivity contribution in [3.63, 3.8) is 0 Å². The standard InChI is InChI=1S/C21H19F3N2O3S/c22-21(23,24)15-30(28,29)26(14-16-5-4-12-25-13-16)19-10-8-18(9-11-19)20(27)17-6-2-1-3-7-17/h1-13,20,27H,14-15H2. The van der Waals surface area contributed by atoms with Crippen molar-refractivity contribution in [3.8, 4) is 0 Å². The molecule has 0 fully saturated rings. The molecule has 0 amide bonds. The van der Waals surface area contributed by atoms with Gasteiger partial charge in [0.2, 0.25) is 10.0 Å². The molecule has 0 spiro atoms. The number of aliphatic hydroxyl groups excluding tert-OH is 1. The summed E-state index contributed by atoms with van der Waals surface area (Å²) in [5.74, 6) is -1.98. The first-order valence-corrected chi connectivity index (χ1v) is 10.6. The number of anilines is 1. The van der Waals surface area contributed by atoms with Crippen LogP contribution in [0.15, 0.2) is 79.1 Å². The van der Waals surface area contributed by atoms with E-state index in [0.29, 0.717) is 21.0 Å². The Hall–Kier alpha value is -2.91. The lowest BCUT2D eigenvalue weighted by molar-refractivity contribution is -0.106. The normalized spacial score (nSPS) is 13.1. The highest BCUT2D eigenvalue weighted by atomic mass is 32.2. The van der Waals surface area contributed by atoms with Crippen molar-refractivity contribution in [2.24, 2.45) is 0 Å². The average molecular weight is 436 g/mol. The third kappa shape index (κ3) is 5.58. The summed E-state index contributed by atoms with van der Waals surface area (Å²) in [5.41, 5.74) is 1.63. The van der Waals surface area contributed by atoms with Gasteiger partial charge in [-0.05, 0) is 34.9 Å². The van der Waals surface area contributed by atoms with Crippen LogP contribution in [-0.4, -0.2) is 30.4 Å². The Kier molecular flexibility index (Phi) is 6.42. The number of nitrogens with zero attached hydrogens (tertiary/aromatic N) is 2. The van der Waals surface area contributed by atoms with Crippen LogP contribution in [0.3, 0.4) is 0 Å². The number of sulfonamides is 1. The zero-order chi connectivity index (χ0) is 21.8. The molecule has 158 valence electrons. The van der Waals surface area contributed by atoms with Crippen molar-refractivity contribution in [1.29, 1.82) is 0 Å². The lowest BCUT2D eigenvalue weighted by Crippen LogP contribution is -2.37. The largest absolute Gasteiger partial charge is 0.404 e. The van der Waals surface area contributed by atoms with Gasteiger partial charge in [0.25, 0.3) is 0 Å².